The zero-order valence-corrected chi connectivity index (χ0v) is 16.2. The van der Waals surface area contributed by atoms with Gasteiger partial charge in [-0.1, -0.05) is 18.2 Å². The van der Waals surface area contributed by atoms with Crippen LogP contribution in [0.15, 0.2) is 30.6 Å². The molecule has 1 fully saturated rings. The first kappa shape index (κ1) is 18.9. The molecule has 2 aromatic rings. The number of hydrogen-bond donors (Lipinski definition) is 2. The lowest BCUT2D eigenvalue weighted by molar-refractivity contribution is 0.0983. The van der Waals surface area contributed by atoms with Crippen molar-refractivity contribution in [3.63, 3.8) is 0 Å². The van der Waals surface area contributed by atoms with Gasteiger partial charge in [-0.3, -0.25) is 0 Å². The Hall–Kier alpha value is -2.83. The molecule has 2 heterocycles. The summed E-state index contributed by atoms with van der Waals surface area (Å²) in [6.45, 7) is 7.77. The summed E-state index contributed by atoms with van der Waals surface area (Å²) in [7, 11) is 0. The van der Waals surface area contributed by atoms with Crippen LogP contribution in [0.1, 0.15) is 30.9 Å². The number of anilines is 3. The third-order valence-corrected chi connectivity index (χ3v) is 4.77. The largest absolute Gasteiger partial charge is 0.450 e. The average Bonchev–Trinajstić information content (AvgIpc) is 2.66. The average molecular weight is 369 g/mol. The van der Waals surface area contributed by atoms with Crippen molar-refractivity contribution >= 4 is 23.4 Å². The number of nitrogens with one attached hydrogen (secondary N) is 2. The molecule has 3 rings (SSSR count). The molecule has 7 nitrogen and oxygen atoms in total. The normalized spacial score (nSPS) is 14.7. The fourth-order valence-corrected chi connectivity index (χ4v) is 3.27. The number of para-hydroxylation sites is 1. The van der Waals surface area contributed by atoms with Crippen LogP contribution >= 0.6 is 0 Å². The molecule has 0 radical (unpaired) electrons. The summed E-state index contributed by atoms with van der Waals surface area (Å²) in [5, 5.41) is 6.85. The highest BCUT2D eigenvalue weighted by molar-refractivity contribution is 5.68. The topological polar surface area (TPSA) is 79.4 Å². The summed E-state index contributed by atoms with van der Waals surface area (Å²) in [6, 6.07) is 8.40. The van der Waals surface area contributed by atoms with Crippen molar-refractivity contribution in [2.45, 2.75) is 39.7 Å². The standard InChI is InChI=1S/C20H27N5O2/c1-4-27-20(26)25-10-8-16(9-11-25)23-17-12-18(22-13-21-17)24-19-14(2)6-5-7-15(19)3/h5-7,12-13,16H,4,8-11H2,1-3H3,(H2,21,22,23,24). The van der Waals surface area contributed by atoms with E-state index in [4.69, 9.17) is 4.74 Å². The minimum atomic E-state index is -0.224. The van der Waals surface area contributed by atoms with E-state index in [1.807, 2.05) is 19.1 Å². The van der Waals surface area contributed by atoms with Gasteiger partial charge in [0.15, 0.2) is 0 Å². The second-order valence-electron chi connectivity index (χ2n) is 6.78. The van der Waals surface area contributed by atoms with E-state index in [1.165, 1.54) is 11.1 Å². The van der Waals surface area contributed by atoms with E-state index in [1.54, 1.807) is 11.2 Å². The lowest BCUT2D eigenvalue weighted by atomic mass is 10.1. The minimum absolute atomic E-state index is 0.224. The molecule has 1 aromatic heterocycles. The Kier molecular flexibility index (Phi) is 6.11. The first-order valence-electron chi connectivity index (χ1n) is 9.40. The van der Waals surface area contributed by atoms with Crippen LogP contribution in [-0.4, -0.2) is 46.7 Å². The van der Waals surface area contributed by atoms with Crippen LogP contribution in [0, 0.1) is 13.8 Å². The molecule has 27 heavy (non-hydrogen) atoms. The minimum Gasteiger partial charge on any atom is -0.450 e. The summed E-state index contributed by atoms with van der Waals surface area (Å²) in [6.07, 6.45) is 3.06. The molecule has 0 saturated carbocycles. The fourth-order valence-electron chi connectivity index (χ4n) is 3.27. The number of likely N-dealkylation sites (tertiary alicyclic amines) is 1. The molecule has 1 aromatic carbocycles. The number of aryl methyl sites for hydroxylation is 2. The van der Waals surface area contributed by atoms with Gasteiger partial charge in [0.1, 0.15) is 18.0 Å². The highest BCUT2D eigenvalue weighted by Crippen LogP contribution is 2.24. The molecule has 144 valence electrons. The van der Waals surface area contributed by atoms with Crippen LogP contribution in [0.25, 0.3) is 0 Å². The van der Waals surface area contributed by atoms with Gasteiger partial charge in [-0.25, -0.2) is 14.8 Å². The lowest BCUT2D eigenvalue weighted by Crippen LogP contribution is -2.42. The Labute approximate surface area is 160 Å². The highest BCUT2D eigenvalue weighted by Gasteiger charge is 2.23. The second-order valence-corrected chi connectivity index (χ2v) is 6.78. The Morgan fingerprint density at radius 2 is 1.85 bits per heavy atom. The number of aromatic nitrogens is 2. The van der Waals surface area contributed by atoms with Crippen LogP contribution in [0.4, 0.5) is 22.1 Å². The van der Waals surface area contributed by atoms with Gasteiger partial charge in [-0.05, 0) is 44.7 Å². The van der Waals surface area contributed by atoms with E-state index in [2.05, 4.69) is 46.6 Å². The van der Waals surface area contributed by atoms with Gasteiger partial charge in [0.25, 0.3) is 0 Å². The third kappa shape index (κ3) is 4.87. The van der Waals surface area contributed by atoms with Gasteiger partial charge < -0.3 is 20.3 Å². The predicted octanol–water partition coefficient (Wildman–Crippen LogP) is 3.87. The molecule has 0 aliphatic carbocycles. The molecule has 0 bridgehead atoms. The number of piperidine rings is 1. The zero-order chi connectivity index (χ0) is 19.2. The maximum absolute atomic E-state index is 11.8. The number of carbonyl (C=O) groups excluding carboxylic acids is 1. The SMILES string of the molecule is CCOC(=O)N1CCC(Nc2cc(Nc3c(C)cccc3C)ncn2)CC1. The molecule has 0 atom stereocenters. The predicted molar refractivity (Wildman–Crippen MR) is 106 cm³/mol. The van der Waals surface area contributed by atoms with Crippen molar-refractivity contribution in [3.8, 4) is 0 Å². The second kappa shape index (κ2) is 8.70. The Morgan fingerprint density at radius 1 is 1.19 bits per heavy atom. The molecule has 1 aliphatic heterocycles. The van der Waals surface area contributed by atoms with Gasteiger partial charge in [-0.15, -0.1) is 0 Å². The van der Waals surface area contributed by atoms with Gasteiger partial charge in [0.2, 0.25) is 0 Å². The maximum Gasteiger partial charge on any atom is 0.409 e. The Bertz CT molecular complexity index is 767. The summed E-state index contributed by atoms with van der Waals surface area (Å²) >= 11 is 0. The quantitative estimate of drug-likeness (QED) is 0.833. The number of benzene rings is 1. The summed E-state index contributed by atoms with van der Waals surface area (Å²) in [4.78, 5) is 22.2. The van der Waals surface area contributed by atoms with Crippen LogP contribution in [0.5, 0.6) is 0 Å². The maximum atomic E-state index is 11.8. The van der Waals surface area contributed by atoms with Gasteiger partial charge in [-0.2, -0.15) is 0 Å². The van der Waals surface area contributed by atoms with Crippen molar-refractivity contribution in [2.75, 3.05) is 30.3 Å². The van der Waals surface area contributed by atoms with E-state index in [-0.39, 0.29) is 12.1 Å². The first-order valence-corrected chi connectivity index (χ1v) is 9.40. The molecule has 1 amide bonds. The molecule has 1 saturated heterocycles. The van der Waals surface area contributed by atoms with E-state index in [0.29, 0.717) is 19.7 Å². The van der Waals surface area contributed by atoms with E-state index < -0.39 is 0 Å². The zero-order valence-electron chi connectivity index (χ0n) is 16.2. The molecular weight excluding hydrogens is 342 g/mol. The Balaban J connectivity index is 1.59. The molecule has 0 unspecified atom stereocenters. The highest BCUT2D eigenvalue weighted by atomic mass is 16.6. The first-order chi connectivity index (χ1) is 13.1. The van der Waals surface area contributed by atoms with E-state index in [9.17, 15) is 4.79 Å². The summed E-state index contributed by atoms with van der Waals surface area (Å²) < 4.78 is 5.06. The molecular formula is C20H27N5O2. The van der Waals surface area contributed by atoms with Crippen LogP contribution in [-0.2, 0) is 4.74 Å². The smallest absolute Gasteiger partial charge is 0.409 e. The number of nitrogens with zero attached hydrogens (tertiary/aromatic N) is 3. The molecule has 0 spiro atoms. The van der Waals surface area contributed by atoms with Crippen LogP contribution < -0.4 is 10.6 Å². The van der Waals surface area contributed by atoms with E-state index in [0.717, 1.165) is 30.2 Å². The number of carbonyl (C=O) groups is 1. The molecule has 2 N–H and O–H groups in total. The summed E-state index contributed by atoms with van der Waals surface area (Å²) in [5.74, 6) is 1.54. The Morgan fingerprint density at radius 3 is 2.52 bits per heavy atom. The molecule has 1 aliphatic rings. The van der Waals surface area contributed by atoms with Gasteiger partial charge in [0, 0.05) is 30.9 Å². The van der Waals surface area contributed by atoms with Crippen molar-refractivity contribution < 1.29 is 9.53 Å². The number of amides is 1. The van der Waals surface area contributed by atoms with Crippen molar-refractivity contribution in [3.05, 3.63) is 41.7 Å². The van der Waals surface area contributed by atoms with Crippen molar-refractivity contribution in [1.29, 1.82) is 0 Å². The van der Waals surface area contributed by atoms with Crippen LogP contribution in [0.2, 0.25) is 0 Å². The number of ether oxygens (including phenoxy) is 1. The third-order valence-electron chi connectivity index (χ3n) is 4.77. The van der Waals surface area contributed by atoms with Crippen molar-refractivity contribution in [2.24, 2.45) is 0 Å². The number of rotatable bonds is 5. The number of hydrogen-bond acceptors (Lipinski definition) is 6. The summed E-state index contributed by atoms with van der Waals surface area (Å²) in [5.41, 5.74) is 3.42. The van der Waals surface area contributed by atoms with Gasteiger partial charge in [0.05, 0.1) is 6.61 Å². The lowest BCUT2D eigenvalue weighted by Gasteiger charge is -2.31. The van der Waals surface area contributed by atoms with Crippen LogP contribution in [0.3, 0.4) is 0 Å². The molecule has 7 heteroatoms. The fraction of sp³-hybridized carbons (Fsp3) is 0.450. The van der Waals surface area contributed by atoms with Gasteiger partial charge >= 0.3 is 6.09 Å². The van der Waals surface area contributed by atoms with E-state index >= 15 is 0 Å². The monoisotopic (exact) mass is 369 g/mol. The van der Waals surface area contributed by atoms with Crippen molar-refractivity contribution in [1.82, 2.24) is 14.9 Å².